The number of carbonyl (C=O) groups is 1. The first kappa shape index (κ1) is 20.0. The van der Waals surface area contributed by atoms with Gasteiger partial charge < -0.3 is 10.2 Å². The molecular formula is C26H25N5O. The lowest BCUT2D eigenvalue weighted by Gasteiger charge is -2.17. The predicted octanol–water partition coefficient (Wildman–Crippen LogP) is 4.46. The van der Waals surface area contributed by atoms with Crippen molar-refractivity contribution in [3.63, 3.8) is 0 Å². The van der Waals surface area contributed by atoms with Crippen molar-refractivity contribution in [1.29, 1.82) is 0 Å². The third-order valence-corrected chi connectivity index (χ3v) is 5.76. The highest BCUT2D eigenvalue weighted by Crippen LogP contribution is 2.23. The first-order valence-electron chi connectivity index (χ1n) is 11.0. The second-order valence-electron chi connectivity index (χ2n) is 7.94. The van der Waals surface area contributed by atoms with E-state index in [1.54, 1.807) is 6.20 Å². The number of hydrogen-bond donors (Lipinski definition) is 1. The van der Waals surface area contributed by atoms with Crippen molar-refractivity contribution in [1.82, 2.24) is 20.1 Å². The van der Waals surface area contributed by atoms with Gasteiger partial charge in [-0.25, -0.2) is 9.67 Å². The van der Waals surface area contributed by atoms with E-state index in [0.717, 1.165) is 41.4 Å². The molecule has 0 aliphatic carbocycles. The highest BCUT2D eigenvalue weighted by Gasteiger charge is 2.14. The van der Waals surface area contributed by atoms with Crippen LogP contribution in [0.4, 0.5) is 5.82 Å². The van der Waals surface area contributed by atoms with Crippen LogP contribution >= 0.6 is 0 Å². The summed E-state index contributed by atoms with van der Waals surface area (Å²) in [4.78, 5) is 19.6. The van der Waals surface area contributed by atoms with Crippen molar-refractivity contribution in [2.75, 3.05) is 18.0 Å². The Balaban J connectivity index is 1.31. The summed E-state index contributed by atoms with van der Waals surface area (Å²) < 4.78 is 1.86. The molecule has 0 radical (unpaired) electrons. The summed E-state index contributed by atoms with van der Waals surface area (Å²) in [5.41, 5.74) is 4.55. The zero-order chi connectivity index (χ0) is 21.8. The molecule has 0 atom stereocenters. The van der Waals surface area contributed by atoms with Gasteiger partial charge in [-0.3, -0.25) is 4.79 Å². The summed E-state index contributed by atoms with van der Waals surface area (Å²) in [5.74, 6) is 0.878. The number of rotatable bonds is 6. The number of nitrogens with zero attached hydrogens (tertiary/aromatic N) is 4. The molecule has 0 spiro atoms. The van der Waals surface area contributed by atoms with Crippen LogP contribution in [0.1, 0.15) is 28.8 Å². The Labute approximate surface area is 187 Å². The van der Waals surface area contributed by atoms with E-state index in [9.17, 15) is 4.79 Å². The fraction of sp³-hybridized carbons (Fsp3) is 0.192. The van der Waals surface area contributed by atoms with Crippen molar-refractivity contribution in [2.45, 2.75) is 19.4 Å². The van der Waals surface area contributed by atoms with Crippen LogP contribution in [0.25, 0.3) is 16.9 Å². The predicted molar refractivity (Wildman–Crippen MR) is 126 cm³/mol. The van der Waals surface area contributed by atoms with E-state index in [1.807, 2.05) is 65.5 Å². The molecule has 4 aromatic rings. The quantitative estimate of drug-likeness (QED) is 0.497. The van der Waals surface area contributed by atoms with Gasteiger partial charge in [-0.1, -0.05) is 36.4 Å². The Morgan fingerprint density at radius 3 is 2.59 bits per heavy atom. The minimum Gasteiger partial charge on any atom is -0.357 e. The standard InChI is InChI=1S/C26H25N5O/c32-26(28-19-20-11-13-27-25(17-20)30-15-4-5-16-30)22-9-6-10-23(18-22)31-24(12-14-29-31)21-7-2-1-3-8-21/h1-3,6-14,17-18H,4-5,15-16,19H2,(H,28,32). The number of aromatic nitrogens is 3. The van der Waals surface area contributed by atoms with Gasteiger partial charge in [-0.05, 0) is 54.8 Å². The molecule has 1 aliphatic rings. The molecule has 0 unspecified atom stereocenters. The maximum Gasteiger partial charge on any atom is 0.251 e. The molecule has 32 heavy (non-hydrogen) atoms. The molecule has 160 valence electrons. The number of nitrogens with one attached hydrogen (secondary N) is 1. The van der Waals surface area contributed by atoms with E-state index in [0.29, 0.717) is 12.1 Å². The lowest BCUT2D eigenvalue weighted by atomic mass is 10.1. The third kappa shape index (κ3) is 4.25. The van der Waals surface area contributed by atoms with Crippen molar-refractivity contribution in [3.05, 3.63) is 96.3 Å². The maximum absolute atomic E-state index is 12.9. The van der Waals surface area contributed by atoms with Gasteiger partial charge in [0.15, 0.2) is 0 Å². The molecule has 0 saturated carbocycles. The Morgan fingerprint density at radius 1 is 0.906 bits per heavy atom. The van der Waals surface area contributed by atoms with Gasteiger partial charge in [-0.15, -0.1) is 0 Å². The second kappa shape index (κ2) is 9.06. The van der Waals surface area contributed by atoms with Gasteiger partial charge in [0.1, 0.15) is 5.82 Å². The van der Waals surface area contributed by atoms with Crippen LogP contribution in [0, 0.1) is 0 Å². The molecule has 1 fully saturated rings. The van der Waals surface area contributed by atoms with E-state index in [1.165, 1.54) is 12.8 Å². The van der Waals surface area contributed by atoms with E-state index in [-0.39, 0.29) is 5.91 Å². The fourth-order valence-electron chi connectivity index (χ4n) is 4.09. The monoisotopic (exact) mass is 423 g/mol. The number of carbonyl (C=O) groups excluding carboxylic acids is 1. The number of benzene rings is 2. The molecule has 1 amide bonds. The van der Waals surface area contributed by atoms with E-state index < -0.39 is 0 Å². The minimum absolute atomic E-state index is 0.111. The minimum atomic E-state index is -0.111. The van der Waals surface area contributed by atoms with Crippen LogP contribution in [0.3, 0.4) is 0 Å². The Hall–Kier alpha value is -3.93. The molecule has 6 nitrogen and oxygen atoms in total. The number of hydrogen-bond acceptors (Lipinski definition) is 4. The van der Waals surface area contributed by atoms with Crippen molar-refractivity contribution >= 4 is 11.7 Å². The first-order chi connectivity index (χ1) is 15.8. The van der Waals surface area contributed by atoms with Crippen molar-refractivity contribution in [3.8, 4) is 16.9 Å². The molecule has 1 saturated heterocycles. The summed E-state index contributed by atoms with van der Waals surface area (Å²) in [6, 6.07) is 23.6. The van der Waals surface area contributed by atoms with Gasteiger partial charge in [0.25, 0.3) is 5.91 Å². The molecule has 1 aliphatic heterocycles. The lowest BCUT2D eigenvalue weighted by molar-refractivity contribution is 0.0951. The third-order valence-electron chi connectivity index (χ3n) is 5.76. The normalized spacial score (nSPS) is 13.3. The molecule has 2 aromatic heterocycles. The fourth-order valence-corrected chi connectivity index (χ4v) is 4.09. The van der Waals surface area contributed by atoms with E-state index in [2.05, 4.69) is 38.5 Å². The smallest absolute Gasteiger partial charge is 0.251 e. The maximum atomic E-state index is 12.9. The lowest BCUT2D eigenvalue weighted by Crippen LogP contribution is -2.24. The van der Waals surface area contributed by atoms with Gasteiger partial charge in [0, 0.05) is 37.0 Å². The Morgan fingerprint density at radius 2 is 1.75 bits per heavy atom. The summed E-state index contributed by atoms with van der Waals surface area (Å²) in [5, 5.41) is 7.51. The topological polar surface area (TPSA) is 63.1 Å². The van der Waals surface area contributed by atoms with Gasteiger partial charge in [-0.2, -0.15) is 5.10 Å². The zero-order valence-electron chi connectivity index (χ0n) is 17.8. The van der Waals surface area contributed by atoms with Gasteiger partial charge >= 0.3 is 0 Å². The summed E-state index contributed by atoms with van der Waals surface area (Å²) in [7, 11) is 0. The summed E-state index contributed by atoms with van der Waals surface area (Å²) in [6.07, 6.45) is 6.01. The highest BCUT2D eigenvalue weighted by atomic mass is 16.1. The Kier molecular flexibility index (Phi) is 5.66. The average Bonchev–Trinajstić information content (AvgIpc) is 3.56. The molecule has 3 heterocycles. The number of amides is 1. The van der Waals surface area contributed by atoms with Crippen LogP contribution in [0.15, 0.2) is 85.2 Å². The number of pyridine rings is 1. The molecule has 0 bridgehead atoms. The Bertz CT molecular complexity index is 1210. The van der Waals surface area contributed by atoms with Crippen molar-refractivity contribution in [2.24, 2.45) is 0 Å². The molecule has 6 heteroatoms. The first-order valence-corrected chi connectivity index (χ1v) is 11.0. The SMILES string of the molecule is O=C(NCc1ccnc(N2CCCC2)c1)c1cccc(-n2nccc2-c2ccccc2)c1. The van der Waals surface area contributed by atoms with E-state index in [4.69, 9.17) is 0 Å². The largest absolute Gasteiger partial charge is 0.357 e. The zero-order valence-corrected chi connectivity index (χ0v) is 17.8. The highest BCUT2D eigenvalue weighted by molar-refractivity contribution is 5.94. The van der Waals surface area contributed by atoms with Gasteiger partial charge in [0.05, 0.1) is 17.6 Å². The molecule has 1 N–H and O–H groups in total. The van der Waals surface area contributed by atoms with E-state index >= 15 is 0 Å². The molecular weight excluding hydrogens is 398 g/mol. The van der Waals surface area contributed by atoms with Crippen LogP contribution in [0.2, 0.25) is 0 Å². The van der Waals surface area contributed by atoms with Gasteiger partial charge in [0.2, 0.25) is 0 Å². The average molecular weight is 424 g/mol. The van der Waals surface area contributed by atoms with Crippen LogP contribution in [-0.2, 0) is 6.54 Å². The van der Waals surface area contributed by atoms with Crippen LogP contribution in [-0.4, -0.2) is 33.8 Å². The summed E-state index contributed by atoms with van der Waals surface area (Å²) in [6.45, 7) is 2.56. The van der Waals surface area contributed by atoms with Crippen LogP contribution in [0.5, 0.6) is 0 Å². The molecule has 5 rings (SSSR count). The van der Waals surface area contributed by atoms with Crippen LogP contribution < -0.4 is 10.2 Å². The molecule has 2 aromatic carbocycles. The summed E-state index contributed by atoms with van der Waals surface area (Å²) >= 11 is 0. The van der Waals surface area contributed by atoms with Crippen molar-refractivity contribution < 1.29 is 4.79 Å². The second-order valence-corrected chi connectivity index (χ2v) is 7.94. The number of anilines is 1.